The summed E-state index contributed by atoms with van der Waals surface area (Å²) < 4.78 is 20.6. The van der Waals surface area contributed by atoms with Crippen LogP contribution >= 0.6 is 15.9 Å². The van der Waals surface area contributed by atoms with Gasteiger partial charge in [0.2, 0.25) is 0 Å². The highest BCUT2D eigenvalue weighted by Gasteiger charge is 2.17. The Morgan fingerprint density at radius 3 is 1.53 bits per heavy atom. The number of nitrogens with one attached hydrogen (secondary N) is 2. The number of alkyl halides is 1. The van der Waals surface area contributed by atoms with Gasteiger partial charge in [0.05, 0.1) is 0 Å². The fraction of sp³-hybridized carbons (Fsp3) is 0.417. The molecule has 2 aromatic rings. The molecule has 0 aliphatic heterocycles. The second-order valence-electron chi connectivity index (χ2n) is 9.06. The second-order valence-corrected chi connectivity index (χ2v) is 9.52. The van der Waals surface area contributed by atoms with Crippen LogP contribution in [-0.2, 0) is 9.47 Å². The van der Waals surface area contributed by atoms with Crippen molar-refractivity contribution in [1.82, 2.24) is 0 Å². The maximum Gasteiger partial charge on any atom is 0.412 e. The number of benzene rings is 2. The molecule has 0 saturated heterocycles. The lowest BCUT2D eigenvalue weighted by Gasteiger charge is -2.19. The largest absolute Gasteiger partial charge is 0.488 e. The Hall–Kier alpha value is -3.63. The van der Waals surface area contributed by atoms with Crippen LogP contribution in [0.25, 0.3) is 10.4 Å². The van der Waals surface area contributed by atoms with E-state index >= 15 is 0 Å². The summed E-state index contributed by atoms with van der Waals surface area (Å²) in [6, 6.07) is 13.7. The molecule has 0 spiro atoms. The Balaban J connectivity index is 0.000000362. The maximum absolute atomic E-state index is 11.5. The van der Waals surface area contributed by atoms with Crippen molar-refractivity contribution in [2.45, 2.75) is 52.7 Å². The fourth-order valence-corrected chi connectivity index (χ4v) is 2.57. The van der Waals surface area contributed by atoms with Crippen molar-refractivity contribution in [3.8, 4) is 11.5 Å². The first-order valence-corrected chi connectivity index (χ1v) is 12.0. The lowest BCUT2D eigenvalue weighted by atomic mass is 10.2. The molecule has 0 unspecified atom stereocenters. The van der Waals surface area contributed by atoms with E-state index in [-0.39, 0.29) is 6.73 Å². The van der Waals surface area contributed by atoms with E-state index < -0.39 is 23.4 Å². The molecule has 2 amide bonds. The molecular formula is C24H32BrN5O6. The zero-order chi connectivity index (χ0) is 27.2. The highest BCUT2D eigenvalue weighted by molar-refractivity contribution is 9.09. The predicted molar refractivity (Wildman–Crippen MR) is 142 cm³/mol. The van der Waals surface area contributed by atoms with Gasteiger partial charge in [-0.15, -0.1) is 0 Å². The lowest BCUT2D eigenvalue weighted by molar-refractivity contribution is 0.0624. The molecule has 0 radical (unpaired) electrons. The molecule has 12 heteroatoms. The Morgan fingerprint density at radius 2 is 1.19 bits per heavy atom. The number of carbonyl (C=O) groups excluding carboxylic acids is 2. The number of azide groups is 1. The Bertz CT molecular complexity index is 1010. The number of anilines is 2. The van der Waals surface area contributed by atoms with Gasteiger partial charge in [-0.05, 0) is 112 Å². The molecule has 36 heavy (non-hydrogen) atoms. The van der Waals surface area contributed by atoms with Gasteiger partial charge in [-0.2, -0.15) is 0 Å². The first kappa shape index (κ1) is 30.4. The minimum absolute atomic E-state index is 0.0741. The van der Waals surface area contributed by atoms with E-state index in [4.69, 9.17) is 24.5 Å². The van der Waals surface area contributed by atoms with Crippen molar-refractivity contribution < 1.29 is 28.5 Å². The number of hydrogen-bond donors (Lipinski definition) is 2. The highest BCUT2D eigenvalue weighted by atomic mass is 79.9. The van der Waals surface area contributed by atoms with E-state index in [1.165, 1.54) is 0 Å². The van der Waals surface area contributed by atoms with E-state index in [0.29, 0.717) is 22.6 Å². The van der Waals surface area contributed by atoms with Crippen LogP contribution in [0.1, 0.15) is 41.5 Å². The minimum atomic E-state index is -0.539. The van der Waals surface area contributed by atoms with Crippen molar-refractivity contribution >= 4 is 39.5 Å². The maximum atomic E-state index is 11.5. The quantitative estimate of drug-likeness (QED) is 0.154. The molecule has 2 N–H and O–H groups in total. The van der Waals surface area contributed by atoms with Gasteiger partial charge >= 0.3 is 12.2 Å². The van der Waals surface area contributed by atoms with Crippen LogP contribution in [0, 0.1) is 0 Å². The third kappa shape index (κ3) is 14.6. The SMILES string of the molecule is CC(C)(C)OC(=O)Nc1ccc(OCBr)cc1.CC(C)(C)OC(=O)Nc1ccc(OCN=[N+]=[N-])cc1. The third-order valence-electron chi connectivity index (χ3n) is 3.57. The van der Waals surface area contributed by atoms with Gasteiger partial charge in [0.1, 0.15) is 28.2 Å². The normalized spacial score (nSPS) is 10.5. The van der Waals surface area contributed by atoms with Crippen LogP contribution in [0.2, 0.25) is 0 Å². The minimum Gasteiger partial charge on any atom is -0.488 e. The number of carbonyl (C=O) groups is 2. The van der Waals surface area contributed by atoms with Crippen LogP contribution in [0.15, 0.2) is 53.6 Å². The number of ether oxygens (including phenoxy) is 4. The number of hydrogen-bond acceptors (Lipinski definition) is 7. The van der Waals surface area contributed by atoms with Crippen LogP contribution in [0.4, 0.5) is 21.0 Å². The van der Waals surface area contributed by atoms with Crippen molar-refractivity contribution in [1.29, 1.82) is 0 Å². The van der Waals surface area contributed by atoms with Crippen molar-refractivity contribution in [2.24, 2.45) is 5.11 Å². The first-order valence-electron chi connectivity index (χ1n) is 10.8. The van der Waals surface area contributed by atoms with Gasteiger partial charge in [-0.25, -0.2) is 9.59 Å². The molecule has 0 aliphatic rings. The monoisotopic (exact) mass is 565 g/mol. The highest BCUT2D eigenvalue weighted by Crippen LogP contribution is 2.18. The zero-order valence-corrected chi connectivity index (χ0v) is 22.8. The Morgan fingerprint density at radius 1 is 0.806 bits per heavy atom. The van der Waals surface area contributed by atoms with E-state index in [2.05, 4.69) is 36.6 Å². The summed E-state index contributed by atoms with van der Waals surface area (Å²) in [7, 11) is 0. The summed E-state index contributed by atoms with van der Waals surface area (Å²) >= 11 is 3.17. The van der Waals surface area contributed by atoms with Gasteiger partial charge in [0, 0.05) is 16.3 Å². The average molecular weight is 566 g/mol. The molecule has 0 bridgehead atoms. The van der Waals surface area contributed by atoms with E-state index in [1.807, 2.05) is 20.8 Å². The molecule has 0 atom stereocenters. The molecule has 0 aliphatic carbocycles. The third-order valence-corrected chi connectivity index (χ3v) is 3.80. The summed E-state index contributed by atoms with van der Waals surface area (Å²) in [6.07, 6.45) is -0.984. The van der Waals surface area contributed by atoms with Crippen molar-refractivity contribution in [2.75, 3.05) is 22.9 Å². The number of amides is 2. The first-order chi connectivity index (χ1) is 16.8. The summed E-state index contributed by atoms with van der Waals surface area (Å²) in [6.45, 7) is 10.8. The van der Waals surface area contributed by atoms with Crippen molar-refractivity contribution in [3.05, 3.63) is 59.0 Å². The predicted octanol–water partition coefficient (Wildman–Crippen LogP) is 7.45. The van der Waals surface area contributed by atoms with Gasteiger partial charge in [0.15, 0.2) is 6.73 Å². The summed E-state index contributed by atoms with van der Waals surface area (Å²) in [5.74, 6) is 1.28. The summed E-state index contributed by atoms with van der Waals surface area (Å²) in [5, 5.41) is 8.48. The van der Waals surface area contributed by atoms with Gasteiger partial charge in [0.25, 0.3) is 0 Å². The molecule has 0 saturated carbocycles. The van der Waals surface area contributed by atoms with E-state index in [9.17, 15) is 9.59 Å². The van der Waals surface area contributed by atoms with Crippen LogP contribution in [0.3, 0.4) is 0 Å². The second kappa shape index (κ2) is 14.7. The van der Waals surface area contributed by atoms with Crippen LogP contribution in [-0.4, -0.2) is 35.6 Å². The lowest BCUT2D eigenvalue weighted by Crippen LogP contribution is -2.27. The number of rotatable bonds is 7. The summed E-state index contributed by atoms with van der Waals surface area (Å²) in [5.41, 5.74) is 8.75. The molecule has 0 aromatic heterocycles. The van der Waals surface area contributed by atoms with Gasteiger partial charge in [-0.1, -0.05) is 5.11 Å². The van der Waals surface area contributed by atoms with E-state index in [1.54, 1.807) is 69.3 Å². The van der Waals surface area contributed by atoms with Crippen molar-refractivity contribution in [3.63, 3.8) is 0 Å². The zero-order valence-electron chi connectivity index (χ0n) is 21.2. The Kier molecular flexibility index (Phi) is 12.4. The topological polar surface area (TPSA) is 144 Å². The molecular weight excluding hydrogens is 534 g/mol. The van der Waals surface area contributed by atoms with E-state index in [0.717, 1.165) is 5.75 Å². The smallest absolute Gasteiger partial charge is 0.412 e. The number of nitrogens with zero attached hydrogens (tertiary/aromatic N) is 3. The average Bonchev–Trinajstić information content (AvgIpc) is 2.74. The molecule has 0 heterocycles. The standard InChI is InChI=1S/C12H16BrNO3.C12H16N4O3/c1-12(2,3)17-11(15)14-9-4-6-10(7-5-9)16-8-13;1-12(2,3)19-11(17)15-9-4-6-10(7-5-9)18-8-14-16-13/h4-7H,8H2,1-3H3,(H,14,15);4-7H,8H2,1-3H3,(H,15,17). The molecule has 2 rings (SSSR count). The number of halogens is 1. The molecule has 11 nitrogen and oxygen atoms in total. The molecule has 196 valence electrons. The summed E-state index contributed by atoms with van der Waals surface area (Å²) in [4.78, 5) is 25.5. The fourth-order valence-electron chi connectivity index (χ4n) is 2.30. The Labute approximate surface area is 219 Å². The van der Waals surface area contributed by atoms with Gasteiger partial charge in [-0.3, -0.25) is 10.6 Å². The van der Waals surface area contributed by atoms with Gasteiger partial charge < -0.3 is 18.9 Å². The van der Waals surface area contributed by atoms with Crippen LogP contribution < -0.4 is 20.1 Å². The molecule has 0 fully saturated rings. The molecule has 2 aromatic carbocycles. The van der Waals surface area contributed by atoms with Crippen LogP contribution in [0.5, 0.6) is 11.5 Å².